The number of nitrogens with one attached hydrogen (secondary N) is 1. The molecule has 1 aliphatic rings. The molecule has 1 aromatic rings. The second-order valence-electron chi connectivity index (χ2n) is 5.78. The standard InChI is InChI=1S/C16H24N2O/c1-16(10-6-7-11-16)15(19)17-12-13-18(2)14-8-4-3-5-9-14/h3-5,8-9H,6-7,10-13H2,1-2H3,(H,17,19). The van der Waals surface area contributed by atoms with Gasteiger partial charge in [-0.3, -0.25) is 4.79 Å². The molecular weight excluding hydrogens is 236 g/mol. The zero-order valence-corrected chi connectivity index (χ0v) is 12.0. The lowest BCUT2D eigenvalue weighted by Crippen LogP contribution is -2.40. The van der Waals surface area contributed by atoms with Crippen molar-refractivity contribution in [1.82, 2.24) is 5.32 Å². The van der Waals surface area contributed by atoms with Gasteiger partial charge in [-0.15, -0.1) is 0 Å². The topological polar surface area (TPSA) is 32.3 Å². The van der Waals surface area contributed by atoms with Crippen LogP contribution in [-0.2, 0) is 4.79 Å². The molecule has 0 atom stereocenters. The average Bonchev–Trinajstić information content (AvgIpc) is 2.88. The van der Waals surface area contributed by atoms with E-state index < -0.39 is 0 Å². The van der Waals surface area contributed by atoms with Crippen LogP contribution in [0.3, 0.4) is 0 Å². The highest BCUT2D eigenvalue weighted by Crippen LogP contribution is 2.37. The molecule has 0 aliphatic heterocycles. The molecular formula is C16H24N2O. The summed E-state index contributed by atoms with van der Waals surface area (Å²) in [7, 11) is 2.05. The van der Waals surface area contributed by atoms with E-state index >= 15 is 0 Å². The first-order valence-corrected chi connectivity index (χ1v) is 7.16. The summed E-state index contributed by atoms with van der Waals surface area (Å²) >= 11 is 0. The third-order valence-corrected chi connectivity index (χ3v) is 4.19. The van der Waals surface area contributed by atoms with Gasteiger partial charge < -0.3 is 10.2 Å². The fourth-order valence-corrected chi connectivity index (χ4v) is 2.74. The summed E-state index contributed by atoms with van der Waals surface area (Å²) in [6.45, 7) is 3.64. The first-order chi connectivity index (χ1) is 9.12. The molecule has 3 nitrogen and oxygen atoms in total. The van der Waals surface area contributed by atoms with Crippen molar-refractivity contribution in [3.63, 3.8) is 0 Å². The number of carbonyl (C=O) groups excluding carboxylic acids is 1. The molecule has 19 heavy (non-hydrogen) atoms. The number of carbonyl (C=O) groups is 1. The van der Waals surface area contributed by atoms with Gasteiger partial charge in [0, 0.05) is 31.2 Å². The van der Waals surface area contributed by atoms with Gasteiger partial charge in [0.25, 0.3) is 0 Å². The first-order valence-electron chi connectivity index (χ1n) is 7.16. The van der Waals surface area contributed by atoms with E-state index in [0.717, 1.165) is 19.4 Å². The molecule has 1 amide bonds. The molecule has 0 radical (unpaired) electrons. The lowest BCUT2D eigenvalue weighted by molar-refractivity contribution is -0.129. The number of rotatable bonds is 5. The summed E-state index contributed by atoms with van der Waals surface area (Å²) in [5.74, 6) is 0.228. The van der Waals surface area contributed by atoms with Crippen LogP contribution < -0.4 is 10.2 Å². The average molecular weight is 260 g/mol. The minimum Gasteiger partial charge on any atom is -0.373 e. The third kappa shape index (κ3) is 3.49. The van der Waals surface area contributed by atoms with Crippen molar-refractivity contribution >= 4 is 11.6 Å². The van der Waals surface area contributed by atoms with Crippen molar-refractivity contribution in [1.29, 1.82) is 0 Å². The Morgan fingerprint density at radius 2 is 1.89 bits per heavy atom. The number of benzene rings is 1. The molecule has 0 unspecified atom stereocenters. The van der Waals surface area contributed by atoms with Crippen LogP contribution >= 0.6 is 0 Å². The molecule has 0 bridgehead atoms. The summed E-state index contributed by atoms with van der Waals surface area (Å²) in [5.41, 5.74) is 1.06. The molecule has 1 aromatic carbocycles. The second kappa shape index (κ2) is 6.09. The SMILES string of the molecule is CN(CCNC(=O)C1(C)CCCC1)c1ccccc1. The lowest BCUT2D eigenvalue weighted by atomic mass is 9.88. The first kappa shape index (κ1) is 13.9. The maximum absolute atomic E-state index is 12.2. The molecule has 1 saturated carbocycles. The smallest absolute Gasteiger partial charge is 0.225 e. The number of nitrogens with zero attached hydrogens (tertiary/aromatic N) is 1. The Hall–Kier alpha value is -1.51. The summed E-state index contributed by atoms with van der Waals surface area (Å²) in [5, 5.41) is 3.09. The van der Waals surface area contributed by atoms with Gasteiger partial charge in [-0.05, 0) is 25.0 Å². The summed E-state index contributed by atoms with van der Waals surface area (Å²) in [6, 6.07) is 10.2. The molecule has 3 heteroatoms. The maximum Gasteiger partial charge on any atom is 0.225 e. The highest BCUT2D eigenvalue weighted by atomic mass is 16.2. The van der Waals surface area contributed by atoms with Crippen LogP contribution in [0, 0.1) is 5.41 Å². The van der Waals surface area contributed by atoms with Crippen molar-refractivity contribution in [2.75, 3.05) is 25.0 Å². The van der Waals surface area contributed by atoms with Gasteiger partial charge in [0.15, 0.2) is 0 Å². The molecule has 0 heterocycles. The maximum atomic E-state index is 12.2. The Balaban J connectivity index is 1.76. The third-order valence-electron chi connectivity index (χ3n) is 4.19. The number of hydrogen-bond acceptors (Lipinski definition) is 2. The van der Waals surface area contributed by atoms with Gasteiger partial charge in [-0.2, -0.15) is 0 Å². The number of hydrogen-bond donors (Lipinski definition) is 1. The highest BCUT2D eigenvalue weighted by Gasteiger charge is 2.35. The van der Waals surface area contributed by atoms with E-state index in [1.54, 1.807) is 0 Å². The van der Waals surface area contributed by atoms with Crippen molar-refractivity contribution in [2.45, 2.75) is 32.6 Å². The molecule has 0 aromatic heterocycles. The quantitative estimate of drug-likeness (QED) is 0.883. The summed E-state index contributed by atoms with van der Waals surface area (Å²) in [6.07, 6.45) is 4.45. The van der Waals surface area contributed by atoms with E-state index in [1.807, 2.05) is 18.2 Å². The lowest BCUT2D eigenvalue weighted by Gasteiger charge is -2.24. The van der Waals surface area contributed by atoms with E-state index in [9.17, 15) is 4.79 Å². The van der Waals surface area contributed by atoms with Crippen LogP contribution in [0.15, 0.2) is 30.3 Å². The van der Waals surface area contributed by atoms with E-state index in [2.05, 4.69) is 36.3 Å². The van der Waals surface area contributed by atoms with Crippen LogP contribution in [0.2, 0.25) is 0 Å². The van der Waals surface area contributed by atoms with E-state index in [4.69, 9.17) is 0 Å². The zero-order valence-electron chi connectivity index (χ0n) is 12.0. The van der Waals surface area contributed by atoms with Crippen molar-refractivity contribution in [2.24, 2.45) is 5.41 Å². The van der Waals surface area contributed by atoms with Gasteiger partial charge in [-0.25, -0.2) is 0 Å². The van der Waals surface area contributed by atoms with Crippen LogP contribution in [0.1, 0.15) is 32.6 Å². The highest BCUT2D eigenvalue weighted by molar-refractivity contribution is 5.82. The molecule has 1 fully saturated rings. The van der Waals surface area contributed by atoms with Gasteiger partial charge in [-0.1, -0.05) is 38.0 Å². The second-order valence-corrected chi connectivity index (χ2v) is 5.78. The Kier molecular flexibility index (Phi) is 4.46. The van der Waals surface area contributed by atoms with Crippen molar-refractivity contribution < 1.29 is 4.79 Å². The van der Waals surface area contributed by atoms with Crippen LogP contribution in [0.4, 0.5) is 5.69 Å². The minimum absolute atomic E-state index is 0.120. The monoisotopic (exact) mass is 260 g/mol. The van der Waals surface area contributed by atoms with Crippen LogP contribution in [-0.4, -0.2) is 26.0 Å². The Bertz CT molecular complexity index is 410. The molecule has 0 spiro atoms. The zero-order chi connectivity index (χ0) is 13.7. The van der Waals surface area contributed by atoms with Crippen molar-refractivity contribution in [3.05, 3.63) is 30.3 Å². The Labute approximate surface area is 116 Å². The van der Waals surface area contributed by atoms with Gasteiger partial charge in [0.2, 0.25) is 5.91 Å². The Morgan fingerprint density at radius 3 is 2.53 bits per heavy atom. The molecule has 1 aliphatic carbocycles. The van der Waals surface area contributed by atoms with Gasteiger partial charge >= 0.3 is 0 Å². The molecule has 0 saturated heterocycles. The number of likely N-dealkylation sites (N-methyl/N-ethyl adjacent to an activating group) is 1. The van der Waals surface area contributed by atoms with E-state index in [-0.39, 0.29) is 11.3 Å². The van der Waals surface area contributed by atoms with Crippen LogP contribution in [0.25, 0.3) is 0 Å². The number of para-hydroxylation sites is 1. The summed E-state index contributed by atoms with van der Waals surface area (Å²) in [4.78, 5) is 14.3. The molecule has 2 rings (SSSR count). The largest absolute Gasteiger partial charge is 0.373 e. The molecule has 104 valence electrons. The van der Waals surface area contributed by atoms with Gasteiger partial charge in [0.1, 0.15) is 0 Å². The Morgan fingerprint density at radius 1 is 1.26 bits per heavy atom. The summed E-state index contributed by atoms with van der Waals surface area (Å²) < 4.78 is 0. The van der Waals surface area contributed by atoms with Crippen molar-refractivity contribution in [3.8, 4) is 0 Å². The predicted octanol–water partition coefficient (Wildman–Crippen LogP) is 2.82. The van der Waals surface area contributed by atoms with Crippen LogP contribution in [0.5, 0.6) is 0 Å². The number of anilines is 1. The van der Waals surface area contributed by atoms with E-state index in [1.165, 1.54) is 18.5 Å². The normalized spacial score (nSPS) is 17.2. The van der Waals surface area contributed by atoms with Gasteiger partial charge in [0.05, 0.1) is 0 Å². The fourth-order valence-electron chi connectivity index (χ4n) is 2.74. The minimum atomic E-state index is -0.120. The predicted molar refractivity (Wildman–Crippen MR) is 79.3 cm³/mol. The van der Waals surface area contributed by atoms with E-state index in [0.29, 0.717) is 6.54 Å². The molecule has 1 N–H and O–H groups in total. The fraction of sp³-hybridized carbons (Fsp3) is 0.562. The number of amides is 1.